The van der Waals surface area contributed by atoms with Crippen LogP contribution in [0.1, 0.15) is 43.0 Å². The third-order valence-electron chi connectivity index (χ3n) is 3.60. The van der Waals surface area contributed by atoms with Gasteiger partial charge in [-0.1, -0.05) is 13.8 Å². The summed E-state index contributed by atoms with van der Waals surface area (Å²) in [6.45, 7) is 9.21. The van der Waals surface area contributed by atoms with E-state index in [2.05, 4.69) is 29.0 Å². The smallest absolute Gasteiger partial charge is 0.0925 e. The molecule has 1 aliphatic rings. The molecule has 1 N–H and O–H groups in total. The number of piperidine rings is 1. The SMILES string of the molecule is CCCN1CCC(NCc2cnc(CC)s2)CC1. The Bertz CT molecular complexity index is 343. The van der Waals surface area contributed by atoms with Crippen LogP contribution in [0.25, 0.3) is 0 Å². The molecule has 0 amide bonds. The van der Waals surface area contributed by atoms with Crippen molar-refractivity contribution >= 4 is 11.3 Å². The zero-order chi connectivity index (χ0) is 12.8. The van der Waals surface area contributed by atoms with Crippen LogP contribution in [0.5, 0.6) is 0 Å². The van der Waals surface area contributed by atoms with Crippen LogP contribution in [-0.4, -0.2) is 35.6 Å². The third kappa shape index (κ3) is 4.04. The van der Waals surface area contributed by atoms with Gasteiger partial charge in [0.2, 0.25) is 0 Å². The topological polar surface area (TPSA) is 28.2 Å². The third-order valence-corrected chi connectivity index (χ3v) is 4.74. The predicted molar refractivity (Wildman–Crippen MR) is 78.1 cm³/mol. The van der Waals surface area contributed by atoms with E-state index in [0.717, 1.165) is 13.0 Å². The van der Waals surface area contributed by atoms with Crippen LogP contribution in [-0.2, 0) is 13.0 Å². The van der Waals surface area contributed by atoms with E-state index in [-0.39, 0.29) is 0 Å². The lowest BCUT2D eigenvalue weighted by molar-refractivity contribution is 0.197. The second-order valence-electron chi connectivity index (χ2n) is 5.07. The van der Waals surface area contributed by atoms with Crippen LogP contribution in [0.4, 0.5) is 0 Å². The van der Waals surface area contributed by atoms with E-state index >= 15 is 0 Å². The van der Waals surface area contributed by atoms with Gasteiger partial charge in [0.25, 0.3) is 0 Å². The van der Waals surface area contributed by atoms with E-state index < -0.39 is 0 Å². The molecule has 1 aliphatic heterocycles. The minimum atomic E-state index is 0.699. The summed E-state index contributed by atoms with van der Waals surface area (Å²) in [4.78, 5) is 8.37. The van der Waals surface area contributed by atoms with Gasteiger partial charge in [0.1, 0.15) is 0 Å². The van der Waals surface area contributed by atoms with Crippen LogP contribution in [0.15, 0.2) is 6.20 Å². The minimum absolute atomic E-state index is 0.699. The first-order chi connectivity index (χ1) is 8.81. The molecule has 102 valence electrons. The van der Waals surface area contributed by atoms with Crippen molar-refractivity contribution in [3.8, 4) is 0 Å². The van der Waals surface area contributed by atoms with E-state index in [0.29, 0.717) is 6.04 Å². The molecule has 0 saturated carbocycles. The summed E-state index contributed by atoms with van der Waals surface area (Å²) < 4.78 is 0. The quantitative estimate of drug-likeness (QED) is 0.859. The maximum Gasteiger partial charge on any atom is 0.0925 e. The monoisotopic (exact) mass is 267 g/mol. The van der Waals surface area contributed by atoms with Crippen LogP contribution < -0.4 is 5.32 Å². The molecule has 3 nitrogen and oxygen atoms in total. The number of nitrogens with zero attached hydrogens (tertiary/aromatic N) is 2. The molecule has 2 rings (SSSR count). The molecule has 0 aromatic carbocycles. The molecule has 1 saturated heterocycles. The maximum atomic E-state index is 4.41. The zero-order valence-corrected chi connectivity index (χ0v) is 12.4. The highest BCUT2D eigenvalue weighted by Gasteiger charge is 2.17. The zero-order valence-electron chi connectivity index (χ0n) is 11.6. The number of hydrogen-bond acceptors (Lipinski definition) is 4. The molecular formula is C14H25N3S. The Balaban J connectivity index is 1.68. The number of likely N-dealkylation sites (tertiary alicyclic amines) is 1. The molecular weight excluding hydrogens is 242 g/mol. The number of rotatable bonds is 6. The summed E-state index contributed by atoms with van der Waals surface area (Å²) in [5, 5.41) is 4.94. The Morgan fingerprint density at radius 3 is 2.78 bits per heavy atom. The second kappa shape index (κ2) is 7.22. The molecule has 0 atom stereocenters. The lowest BCUT2D eigenvalue weighted by Gasteiger charge is -2.32. The highest BCUT2D eigenvalue weighted by molar-refractivity contribution is 7.11. The average molecular weight is 267 g/mol. The normalized spacial score (nSPS) is 18.3. The first kappa shape index (κ1) is 14.0. The summed E-state index contributed by atoms with van der Waals surface area (Å²) in [6.07, 6.45) is 6.94. The molecule has 0 spiro atoms. The van der Waals surface area contributed by atoms with Crippen molar-refractivity contribution in [2.75, 3.05) is 19.6 Å². The van der Waals surface area contributed by atoms with Crippen molar-refractivity contribution < 1.29 is 0 Å². The molecule has 0 bridgehead atoms. The summed E-state index contributed by atoms with van der Waals surface area (Å²) in [5.74, 6) is 0. The van der Waals surface area contributed by atoms with E-state index in [4.69, 9.17) is 0 Å². The van der Waals surface area contributed by atoms with Crippen molar-refractivity contribution in [1.29, 1.82) is 0 Å². The van der Waals surface area contributed by atoms with Gasteiger partial charge in [0.15, 0.2) is 0 Å². The fourth-order valence-electron chi connectivity index (χ4n) is 2.52. The van der Waals surface area contributed by atoms with E-state index in [1.54, 1.807) is 0 Å². The van der Waals surface area contributed by atoms with Gasteiger partial charge in [-0.25, -0.2) is 4.98 Å². The van der Waals surface area contributed by atoms with Crippen molar-refractivity contribution in [3.05, 3.63) is 16.1 Å². The lowest BCUT2D eigenvalue weighted by Crippen LogP contribution is -2.42. The van der Waals surface area contributed by atoms with Crippen molar-refractivity contribution in [2.24, 2.45) is 0 Å². The summed E-state index contributed by atoms with van der Waals surface area (Å²) in [6, 6.07) is 0.699. The van der Waals surface area contributed by atoms with Crippen molar-refractivity contribution in [2.45, 2.75) is 52.1 Å². The van der Waals surface area contributed by atoms with Crippen LogP contribution >= 0.6 is 11.3 Å². The molecule has 1 aromatic heterocycles. The van der Waals surface area contributed by atoms with Gasteiger partial charge >= 0.3 is 0 Å². The highest BCUT2D eigenvalue weighted by Crippen LogP contribution is 2.15. The molecule has 0 radical (unpaired) electrons. The van der Waals surface area contributed by atoms with Crippen molar-refractivity contribution in [3.63, 3.8) is 0 Å². The number of nitrogens with one attached hydrogen (secondary N) is 1. The standard InChI is InChI=1S/C14H25N3S/c1-3-7-17-8-5-12(6-9-17)15-10-13-11-16-14(4-2)18-13/h11-12,15H,3-10H2,1-2H3. The van der Waals surface area contributed by atoms with E-state index in [1.165, 1.54) is 48.8 Å². The average Bonchev–Trinajstić information content (AvgIpc) is 2.86. The number of aryl methyl sites for hydroxylation is 1. The van der Waals surface area contributed by atoms with E-state index in [1.807, 2.05) is 17.5 Å². The van der Waals surface area contributed by atoms with Crippen LogP contribution in [0.3, 0.4) is 0 Å². The number of aromatic nitrogens is 1. The van der Waals surface area contributed by atoms with Gasteiger partial charge in [-0.15, -0.1) is 11.3 Å². The Labute approximate surface area is 115 Å². The number of hydrogen-bond donors (Lipinski definition) is 1. The second-order valence-corrected chi connectivity index (χ2v) is 6.27. The van der Waals surface area contributed by atoms with Gasteiger partial charge in [-0.3, -0.25) is 0 Å². The van der Waals surface area contributed by atoms with Gasteiger partial charge in [0, 0.05) is 23.7 Å². The molecule has 1 aromatic rings. The van der Waals surface area contributed by atoms with Crippen LogP contribution in [0.2, 0.25) is 0 Å². The summed E-state index contributed by atoms with van der Waals surface area (Å²) >= 11 is 1.85. The van der Waals surface area contributed by atoms with Gasteiger partial charge in [-0.2, -0.15) is 0 Å². The van der Waals surface area contributed by atoms with Crippen LogP contribution in [0, 0.1) is 0 Å². The fraction of sp³-hybridized carbons (Fsp3) is 0.786. The Kier molecular flexibility index (Phi) is 5.60. The maximum absolute atomic E-state index is 4.41. The molecule has 0 unspecified atom stereocenters. The summed E-state index contributed by atoms with van der Waals surface area (Å²) in [7, 11) is 0. The molecule has 0 aliphatic carbocycles. The lowest BCUT2D eigenvalue weighted by atomic mass is 10.0. The molecule has 4 heteroatoms. The predicted octanol–water partition coefficient (Wildman–Crippen LogP) is 2.67. The van der Waals surface area contributed by atoms with E-state index in [9.17, 15) is 0 Å². The first-order valence-electron chi connectivity index (χ1n) is 7.21. The first-order valence-corrected chi connectivity index (χ1v) is 8.02. The fourth-order valence-corrected chi connectivity index (χ4v) is 3.33. The molecule has 18 heavy (non-hydrogen) atoms. The summed E-state index contributed by atoms with van der Waals surface area (Å²) in [5.41, 5.74) is 0. The molecule has 2 heterocycles. The molecule has 1 fully saturated rings. The van der Waals surface area contributed by atoms with Crippen molar-refractivity contribution in [1.82, 2.24) is 15.2 Å². The Morgan fingerprint density at radius 2 is 2.17 bits per heavy atom. The minimum Gasteiger partial charge on any atom is -0.309 e. The van der Waals surface area contributed by atoms with Gasteiger partial charge in [0.05, 0.1) is 5.01 Å². The number of thiazole rings is 1. The Morgan fingerprint density at radius 1 is 1.39 bits per heavy atom. The highest BCUT2D eigenvalue weighted by atomic mass is 32.1. The van der Waals surface area contributed by atoms with Gasteiger partial charge in [-0.05, 0) is 45.3 Å². The van der Waals surface area contributed by atoms with Gasteiger partial charge < -0.3 is 10.2 Å². The Hall–Kier alpha value is -0.450. The largest absolute Gasteiger partial charge is 0.309 e.